The molecule has 0 bridgehead atoms. The lowest BCUT2D eigenvalue weighted by Crippen LogP contribution is -2.49. The van der Waals surface area contributed by atoms with Crippen LogP contribution in [0.5, 0.6) is 0 Å². The Kier molecular flexibility index (Phi) is 3.11. The Morgan fingerprint density at radius 3 is 2.92 bits per heavy atom. The summed E-state index contributed by atoms with van der Waals surface area (Å²) in [6.45, 7) is 3.01. The van der Waals surface area contributed by atoms with Gasteiger partial charge in [0.05, 0.1) is 0 Å². The van der Waals surface area contributed by atoms with Gasteiger partial charge in [0.2, 0.25) is 5.91 Å². The minimum Gasteiger partial charge on any atom is -0.355 e. The molecule has 1 unspecified atom stereocenters. The highest BCUT2D eigenvalue weighted by atomic mass is 32.2. The van der Waals surface area contributed by atoms with Crippen molar-refractivity contribution in [3.63, 3.8) is 0 Å². The van der Waals surface area contributed by atoms with Crippen molar-refractivity contribution >= 4 is 17.7 Å². The van der Waals surface area contributed by atoms with Gasteiger partial charge in [0.15, 0.2) is 0 Å². The molecule has 1 amide bonds. The molecule has 2 fully saturated rings. The van der Waals surface area contributed by atoms with E-state index in [-0.39, 0.29) is 11.8 Å². The van der Waals surface area contributed by atoms with Gasteiger partial charge in [-0.05, 0) is 12.2 Å². The van der Waals surface area contributed by atoms with Gasteiger partial charge in [-0.25, -0.2) is 0 Å². The van der Waals surface area contributed by atoms with Crippen LogP contribution in [0.1, 0.15) is 6.42 Å². The van der Waals surface area contributed by atoms with E-state index in [9.17, 15) is 4.79 Å². The molecule has 1 atom stereocenters. The molecule has 74 valence electrons. The second-order valence-electron chi connectivity index (χ2n) is 3.83. The van der Waals surface area contributed by atoms with Crippen molar-refractivity contribution in [2.45, 2.75) is 6.42 Å². The van der Waals surface area contributed by atoms with Gasteiger partial charge >= 0.3 is 0 Å². The molecule has 2 saturated heterocycles. The zero-order valence-electron chi connectivity index (χ0n) is 7.71. The second-order valence-corrected chi connectivity index (χ2v) is 4.98. The molecule has 2 aliphatic rings. The largest absolute Gasteiger partial charge is 0.355 e. The van der Waals surface area contributed by atoms with Crippen LogP contribution in [-0.4, -0.2) is 37.0 Å². The van der Waals surface area contributed by atoms with Crippen LogP contribution < -0.4 is 10.6 Å². The Morgan fingerprint density at radius 2 is 2.38 bits per heavy atom. The number of amides is 1. The number of carbonyl (C=O) groups is 1. The monoisotopic (exact) mass is 200 g/mol. The number of carbonyl (C=O) groups excluding carboxylic acids is 1. The number of rotatable bonds is 3. The molecule has 4 heteroatoms. The van der Waals surface area contributed by atoms with Gasteiger partial charge in [0.25, 0.3) is 0 Å². The minimum absolute atomic E-state index is 0.275. The van der Waals surface area contributed by atoms with Crippen molar-refractivity contribution in [3.05, 3.63) is 0 Å². The third kappa shape index (κ3) is 2.38. The van der Waals surface area contributed by atoms with E-state index in [4.69, 9.17) is 0 Å². The van der Waals surface area contributed by atoms with Crippen LogP contribution in [0.15, 0.2) is 0 Å². The van der Waals surface area contributed by atoms with Crippen LogP contribution in [0, 0.1) is 11.8 Å². The van der Waals surface area contributed by atoms with E-state index in [2.05, 4.69) is 10.6 Å². The summed E-state index contributed by atoms with van der Waals surface area (Å²) in [7, 11) is 0. The van der Waals surface area contributed by atoms with Crippen LogP contribution in [0.2, 0.25) is 0 Å². The molecular formula is C9H16N2OS. The summed E-state index contributed by atoms with van der Waals surface area (Å²) in [5, 5.41) is 6.23. The summed E-state index contributed by atoms with van der Waals surface area (Å²) >= 11 is 1.89. The van der Waals surface area contributed by atoms with Gasteiger partial charge in [0.1, 0.15) is 0 Å². The Morgan fingerprint density at radius 1 is 1.54 bits per heavy atom. The van der Waals surface area contributed by atoms with Crippen molar-refractivity contribution in [2.24, 2.45) is 11.8 Å². The molecule has 0 spiro atoms. The highest BCUT2D eigenvalue weighted by Crippen LogP contribution is 2.23. The minimum atomic E-state index is 0.275. The SMILES string of the molecule is O=C(NCC1CNC1)C1CCSC1. The van der Waals surface area contributed by atoms with E-state index in [1.165, 1.54) is 0 Å². The second kappa shape index (κ2) is 4.33. The van der Waals surface area contributed by atoms with Gasteiger partial charge in [-0.15, -0.1) is 0 Å². The first-order valence-corrected chi connectivity index (χ1v) is 6.08. The Bertz CT molecular complexity index is 188. The van der Waals surface area contributed by atoms with Crippen LogP contribution >= 0.6 is 11.8 Å². The fourth-order valence-electron chi connectivity index (χ4n) is 1.62. The molecule has 0 aromatic heterocycles. The topological polar surface area (TPSA) is 41.1 Å². The zero-order chi connectivity index (χ0) is 9.10. The molecule has 2 N–H and O–H groups in total. The first kappa shape index (κ1) is 9.34. The molecule has 0 aromatic carbocycles. The quantitative estimate of drug-likeness (QED) is 0.677. The van der Waals surface area contributed by atoms with Crippen molar-refractivity contribution in [2.75, 3.05) is 31.1 Å². The van der Waals surface area contributed by atoms with Crippen molar-refractivity contribution in [3.8, 4) is 0 Å². The van der Waals surface area contributed by atoms with Gasteiger partial charge in [-0.3, -0.25) is 4.79 Å². The maximum atomic E-state index is 11.5. The lowest BCUT2D eigenvalue weighted by Gasteiger charge is -2.27. The first-order chi connectivity index (χ1) is 6.36. The van der Waals surface area contributed by atoms with Gasteiger partial charge in [-0.2, -0.15) is 11.8 Å². The standard InChI is InChI=1S/C9H16N2OS/c12-9(8-1-2-13-6-8)11-5-7-3-10-4-7/h7-8,10H,1-6H2,(H,11,12). The lowest BCUT2D eigenvalue weighted by molar-refractivity contribution is -0.124. The van der Waals surface area contributed by atoms with Crippen LogP contribution in [0.4, 0.5) is 0 Å². The van der Waals surface area contributed by atoms with Crippen molar-refractivity contribution in [1.29, 1.82) is 0 Å². The summed E-state index contributed by atoms with van der Waals surface area (Å²) < 4.78 is 0. The van der Waals surface area contributed by atoms with E-state index in [1.807, 2.05) is 11.8 Å². The molecule has 3 nitrogen and oxygen atoms in total. The molecule has 13 heavy (non-hydrogen) atoms. The molecule has 2 rings (SSSR count). The summed E-state index contributed by atoms with van der Waals surface area (Å²) in [6, 6.07) is 0. The zero-order valence-corrected chi connectivity index (χ0v) is 8.53. The highest BCUT2D eigenvalue weighted by molar-refractivity contribution is 7.99. The third-order valence-corrected chi connectivity index (χ3v) is 3.89. The Labute approximate surface area is 83.0 Å². The number of thioether (sulfide) groups is 1. The van der Waals surface area contributed by atoms with E-state index in [0.717, 1.165) is 37.6 Å². The highest BCUT2D eigenvalue weighted by Gasteiger charge is 2.24. The smallest absolute Gasteiger partial charge is 0.223 e. The molecule has 0 saturated carbocycles. The van der Waals surface area contributed by atoms with Crippen molar-refractivity contribution < 1.29 is 4.79 Å². The normalized spacial score (nSPS) is 28.5. The fraction of sp³-hybridized carbons (Fsp3) is 0.889. The van der Waals surface area contributed by atoms with E-state index in [1.54, 1.807) is 0 Å². The first-order valence-electron chi connectivity index (χ1n) is 4.92. The Hall–Kier alpha value is -0.220. The molecule has 0 aromatic rings. The fourth-order valence-corrected chi connectivity index (χ4v) is 2.84. The van der Waals surface area contributed by atoms with Crippen LogP contribution in [-0.2, 0) is 4.79 Å². The average molecular weight is 200 g/mol. The van der Waals surface area contributed by atoms with Gasteiger partial charge in [0, 0.05) is 37.2 Å². The predicted octanol–water partition coefficient (Wildman–Crippen LogP) is 0.0751. The molecule has 0 radical (unpaired) electrons. The lowest BCUT2D eigenvalue weighted by atomic mass is 10.0. The van der Waals surface area contributed by atoms with Gasteiger partial charge < -0.3 is 10.6 Å². The molecule has 0 aliphatic carbocycles. The molecule has 2 heterocycles. The summed E-state index contributed by atoms with van der Waals surface area (Å²) in [4.78, 5) is 11.5. The molecular weight excluding hydrogens is 184 g/mol. The summed E-state index contributed by atoms with van der Waals surface area (Å²) in [5.41, 5.74) is 0. The number of hydrogen-bond acceptors (Lipinski definition) is 3. The van der Waals surface area contributed by atoms with E-state index >= 15 is 0 Å². The van der Waals surface area contributed by atoms with E-state index in [0.29, 0.717) is 5.92 Å². The maximum Gasteiger partial charge on any atom is 0.223 e. The number of nitrogens with one attached hydrogen (secondary N) is 2. The average Bonchev–Trinajstić information content (AvgIpc) is 2.52. The van der Waals surface area contributed by atoms with Crippen LogP contribution in [0.25, 0.3) is 0 Å². The number of hydrogen-bond donors (Lipinski definition) is 2. The summed E-state index contributed by atoms with van der Waals surface area (Å²) in [6.07, 6.45) is 1.07. The molecule has 2 aliphatic heterocycles. The van der Waals surface area contributed by atoms with Crippen molar-refractivity contribution in [1.82, 2.24) is 10.6 Å². The third-order valence-electron chi connectivity index (χ3n) is 2.73. The van der Waals surface area contributed by atoms with Gasteiger partial charge in [-0.1, -0.05) is 0 Å². The van der Waals surface area contributed by atoms with Crippen LogP contribution in [0.3, 0.4) is 0 Å². The predicted molar refractivity (Wildman–Crippen MR) is 54.8 cm³/mol. The van der Waals surface area contributed by atoms with E-state index < -0.39 is 0 Å². The Balaban J connectivity index is 1.65. The summed E-state index contributed by atoms with van der Waals surface area (Å²) in [5.74, 6) is 3.42. The maximum absolute atomic E-state index is 11.5.